The summed E-state index contributed by atoms with van der Waals surface area (Å²) >= 11 is 1.67. The van der Waals surface area contributed by atoms with Gasteiger partial charge in [0.1, 0.15) is 10.5 Å². The van der Waals surface area contributed by atoms with Crippen molar-refractivity contribution in [1.29, 1.82) is 0 Å². The third-order valence-corrected chi connectivity index (χ3v) is 5.31. The molecule has 0 aliphatic carbocycles. The second-order valence-corrected chi connectivity index (χ2v) is 7.93. The summed E-state index contributed by atoms with van der Waals surface area (Å²) in [7, 11) is 0. The van der Waals surface area contributed by atoms with Crippen LogP contribution in [0.25, 0.3) is 0 Å². The lowest BCUT2D eigenvalue weighted by molar-refractivity contribution is -0.130. The van der Waals surface area contributed by atoms with Gasteiger partial charge in [0.15, 0.2) is 0 Å². The number of carbonyl (C=O) groups is 2. The first kappa shape index (κ1) is 16.9. The first-order valence-corrected chi connectivity index (χ1v) is 8.20. The SMILES string of the molecule is Cc1nc(C(C)(C)NCCN2C(=O)NC(C)(C)C2=O)sc1C. The summed E-state index contributed by atoms with van der Waals surface area (Å²) in [6, 6.07) is -0.324. The van der Waals surface area contributed by atoms with Crippen LogP contribution >= 0.6 is 11.3 Å². The van der Waals surface area contributed by atoms with E-state index in [0.717, 1.165) is 10.7 Å². The Morgan fingerprint density at radius 3 is 2.41 bits per heavy atom. The van der Waals surface area contributed by atoms with Gasteiger partial charge in [-0.2, -0.15) is 0 Å². The van der Waals surface area contributed by atoms with Crippen molar-refractivity contribution in [3.63, 3.8) is 0 Å². The van der Waals surface area contributed by atoms with Gasteiger partial charge in [-0.05, 0) is 41.5 Å². The molecule has 7 heteroatoms. The van der Waals surface area contributed by atoms with Gasteiger partial charge in [0.25, 0.3) is 5.91 Å². The zero-order chi connectivity index (χ0) is 16.7. The molecule has 0 aromatic carbocycles. The lowest BCUT2D eigenvalue weighted by atomic mass is 10.1. The minimum absolute atomic E-state index is 0.182. The lowest BCUT2D eigenvalue weighted by Gasteiger charge is -2.25. The molecule has 0 radical (unpaired) electrons. The van der Waals surface area contributed by atoms with E-state index in [4.69, 9.17) is 0 Å². The Kier molecular flexibility index (Phi) is 4.32. The third kappa shape index (κ3) is 3.15. The van der Waals surface area contributed by atoms with Crippen molar-refractivity contribution in [1.82, 2.24) is 20.5 Å². The Morgan fingerprint density at radius 1 is 1.32 bits per heavy atom. The van der Waals surface area contributed by atoms with E-state index in [1.807, 2.05) is 6.92 Å². The number of urea groups is 1. The van der Waals surface area contributed by atoms with Crippen molar-refractivity contribution in [2.45, 2.75) is 52.6 Å². The summed E-state index contributed by atoms with van der Waals surface area (Å²) < 4.78 is 0. The van der Waals surface area contributed by atoms with Crippen molar-refractivity contribution in [3.8, 4) is 0 Å². The van der Waals surface area contributed by atoms with E-state index >= 15 is 0 Å². The Hall–Kier alpha value is -1.47. The largest absolute Gasteiger partial charge is 0.325 e. The van der Waals surface area contributed by atoms with Crippen LogP contribution in [0.4, 0.5) is 4.79 Å². The summed E-state index contributed by atoms with van der Waals surface area (Å²) in [6.07, 6.45) is 0. The molecule has 0 saturated carbocycles. The Morgan fingerprint density at radius 2 is 1.95 bits per heavy atom. The molecule has 1 aliphatic rings. The van der Waals surface area contributed by atoms with Gasteiger partial charge in [-0.25, -0.2) is 9.78 Å². The van der Waals surface area contributed by atoms with E-state index in [1.54, 1.807) is 25.2 Å². The lowest BCUT2D eigenvalue weighted by Crippen LogP contribution is -2.44. The minimum atomic E-state index is -0.809. The van der Waals surface area contributed by atoms with E-state index in [2.05, 4.69) is 36.4 Å². The summed E-state index contributed by atoms with van der Waals surface area (Å²) in [5.41, 5.74) is -0.0556. The molecule has 0 spiro atoms. The molecule has 6 nitrogen and oxygen atoms in total. The van der Waals surface area contributed by atoms with Crippen LogP contribution < -0.4 is 10.6 Å². The summed E-state index contributed by atoms with van der Waals surface area (Å²) in [5, 5.41) is 7.08. The third-order valence-electron chi connectivity index (χ3n) is 3.91. The van der Waals surface area contributed by atoms with E-state index in [9.17, 15) is 9.59 Å². The number of nitrogens with one attached hydrogen (secondary N) is 2. The summed E-state index contributed by atoms with van der Waals surface area (Å²) in [4.78, 5) is 31.0. The molecular formula is C15H24N4O2S. The van der Waals surface area contributed by atoms with Gasteiger partial charge in [0.2, 0.25) is 0 Å². The topological polar surface area (TPSA) is 74.3 Å². The number of hydrogen-bond donors (Lipinski definition) is 2. The number of amides is 3. The number of carbonyl (C=O) groups excluding carboxylic acids is 2. The predicted octanol–water partition coefficient (Wildman–Crippen LogP) is 1.92. The van der Waals surface area contributed by atoms with Gasteiger partial charge in [0.05, 0.1) is 11.2 Å². The fourth-order valence-electron chi connectivity index (χ4n) is 2.32. The molecule has 22 heavy (non-hydrogen) atoms. The molecule has 1 saturated heterocycles. The predicted molar refractivity (Wildman–Crippen MR) is 86.9 cm³/mol. The second-order valence-electron chi connectivity index (χ2n) is 6.72. The van der Waals surface area contributed by atoms with Crippen molar-refractivity contribution < 1.29 is 9.59 Å². The zero-order valence-electron chi connectivity index (χ0n) is 14.0. The number of rotatable bonds is 5. The van der Waals surface area contributed by atoms with Crippen LogP contribution in [0.5, 0.6) is 0 Å². The van der Waals surface area contributed by atoms with Gasteiger partial charge in [0, 0.05) is 18.0 Å². The molecule has 1 aromatic rings. The number of aromatic nitrogens is 1. The molecule has 2 heterocycles. The van der Waals surface area contributed by atoms with Crippen LogP contribution in [0.3, 0.4) is 0 Å². The van der Waals surface area contributed by atoms with Crippen LogP contribution in [0.1, 0.15) is 43.3 Å². The van der Waals surface area contributed by atoms with Crippen LogP contribution in [-0.2, 0) is 10.3 Å². The van der Waals surface area contributed by atoms with Gasteiger partial charge >= 0.3 is 6.03 Å². The van der Waals surface area contributed by atoms with Crippen LogP contribution in [0, 0.1) is 13.8 Å². The van der Waals surface area contributed by atoms with E-state index in [1.165, 1.54) is 9.78 Å². The number of aryl methyl sites for hydroxylation is 2. The van der Waals surface area contributed by atoms with Gasteiger partial charge in [-0.15, -0.1) is 11.3 Å². The van der Waals surface area contributed by atoms with E-state index < -0.39 is 5.54 Å². The van der Waals surface area contributed by atoms with E-state index in [0.29, 0.717) is 13.1 Å². The Bertz CT molecular complexity index is 587. The fraction of sp³-hybridized carbons (Fsp3) is 0.667. The average Bonchev–Trinajstić information content (AvgIpc) is 2.82. The van der Waals surface area contributed by atoms with Gasteiger partial charge in [-0.3, -0.25) is 9.69 Å². The maximum Gasteiger partial charge on any atom is 0.325 e. The zero-order valence-corrected chi connectivity index (χ0v) is 14.8. The molecule has 0 atom stereocenters. The number of hydrogen-bond acceptors (Lipinski definition) is 5. The average molecular weight is 324 g/mol. The molecule has 1 aromatic heterocycles. The highest BCUT2D eigenvalue weighted by molar-refractivity contribution is 7.11. The normalized spacial score (nSPS) is 18.0. The van der Waals surface area contributed by atoms with Crippen molar-refractivity contribution >= 4 is 23.3 Å². The highest BCUT2D eigenvalue weighted by Crippen LogP contribution is 2.27. The van der Waals surface area contributed by atoms with Gasteiger partial charge in [-0.1, -0.05) is 0 Å². The molecule has 2 N–H and O–H groups in total. The van der Waals surface area contributed by atoms with Crippen molar-refractivity contribution in [2.75, 3.05) is 13.1 Å². The quantitative estimate of drug-likeness (QED) is 0.812. The summed E-state index contributed by atoms with van der Waals surface area (Å²) in [5.74, 6) is -0.182. The van der Waals surface area contributed by atoms with Crippen molar-refractivity contribution in [3.05, 3.63) is 15.6 Å². The van der Waals surface area contributed by atoms with Crippen LogP contribution in [0.15, 0.2) is 0 Å². The molecule has 2 rings (SSSR count). The molecule has 1 fully saturated rings. The molecular weight excluding hydrogens is 300 g/mol. The first-order chi connectivity index (χ1) is 10.0. The first-order valence-electron chi connectivity index (χ1n) is 7.38. The smallest absolute Gasteiger partial charge is 0.324 e. The Balaban J connectivity index is 1.96. The molecule has 0 bridgehead atoms. The van der Waals surface area contributed by atoms with Gasteiger partial charge < -0.3 is 10.6 Å². The van der Waals surface area contributed by atoms with Crippen LogP contribution in [0.2, 0.25) is 0 Å². The molecule has 1 aliphatic heterocycles. The molecule has 3 amide bonds. The van der Waals surface area contributed by atoms with Crippen molar-refractivity contribution in [2.24, 2.45) is 0 Å². The highest BCUT2D eigenvalue weighted by Gasteiger charge is 2.43. The van der Waals surface area contributed by atoms with E-state index in [-0.39, 0.29) is 17.5 Å². The number of nitrogens with zero attached hydrogens (tertiary/aromatic N) is 2. The molecule has 122 valence electrons. The second kappa shape index (κ2) is 5.62. The highest BCUT2D eigenvalue weighted by atomic mass is 32.1. The summed E-state index contributed by atoms with van der Waals surface area (Å²) in [6.45, 7) is 12.5. The fourth-order valence-corrected chi connectivity index (χ4v) is 3.31. The molecule has 0 unspecified atom stereocenters. The number of imide groups is 1. The minimum Gasteiger partial charge on any atom is -0.324 e. The Labute approximate surface area is 135 Å². The maximum atomic E-state index is 12.1. The standard InChI is InChI=1S/C15H24N4O2S/c1-9-10(2)22-11(17-9)14(3,4)16-7-8-19-12(20)15(5,6)18-13(19)21/h16H,7-8H2,1-6H3,(H,18,21). The maximum absolute atomic E-state index is 12.1. The van der Waals surface area contributed by atoms with Crippen LogP contribution in [-0.4, -0.2) is 40.5 Å². The number of thiazole rings is 1. The monoisotopic (exact) mass is 324 g/mol.